The molecule has 0 atom stereocenters. The molecule has 0 aromatic heterocycles. The molecule has 0 fully saturated rings. The summed E-state index contributed by atoms with van der Waals surface area (Å²) in [6, 6.07) is 13.0. The Morgan fingerprint density at radius 2 is 1.75 bits per heavy atom. The summed E-state index contributed by atoms with van der Waals surface area (Å²) in [6.45, 7) is 2.07. The Balaban J connectivity index is 2.09. The van der Waals surface area contributed by atoms with Crippen LogP contribution in [0.2, 0.25) is 10.0 Å². The average Bonchev–Trinajstić information content (AvgIpc) is 2.43. The molecule has 0 saturated heterocycles. The summed E-state index contributed by atoms with van der Waals surface area (Å²) in [7, 11) is 0. The highest BCUT2D eigenvalue weighted by Gasteiger charge is 2.11. The molecular formula is C16H15Cl2NO. The lowest BCUT2D eigenvalue weighted by molar-refractivity contribution is -0.115. The fraction of sp³-hybridized carbons (Fsp3) is 0.188. The van der Waals surface area contributed by atoms with Gasteiger partial charge in [0.2, 0.25) is 5.91 Å². The highest BCUT2D eigenvalue weighted by molar-refractivity contribution is 6.36. The molecule has 0 radical (unpaired) electrons. The number of carbonyl (C=O) groups excluding carboxylic acids is 1. The lowest BCUT2D eigenvalue weighted by Gasteiger charge is -2.09. The molecule has 0 aliphatic heterocycles. The Morgan fingerprint density at radius 1 is 1.10 bits per heavy atom. The zero-order valence-corrected chi connectivity index (χ0v) is 12.6. The van der Waals surface area contributed by atoms with E-state index in [1.54, 1.807) is 18.2 Å². The molecule has 0 aliphatic rings. The van der Waals surface area contributed by atoms with Crippen molar-refractivity contribution in [2.75, 3.05) is 5.32 Å². The van der Waals surface area contributed by atoms with Crippen molar-refractivity contribution in [1.82, 2.24) is 0 Å². The summed E-state index contributed by atoms with van der Waals surface area (Å²) in [6.07, 6.45) is 1.09. The Bertz CT molecular complexity index is 605. The fourth-order valence-corrected chi connectivity index (χ4v) is 2.47. The van der Waals surface area contributed by atoms with Gasteiger partial charge in [-0.1, -0.05) is 48.3 Å². The van der Waals surface area contributed by atoms with Crippen LogP contribution in [0.3, 0.4) is 0 Å². The van der Waals surface area contributed by atoms with Crippen molar-refractivity contribution >= 4 is 34.8 Å². The van der Waals surface area contributed by atoms with Gasteiger partial charge in [-0.2, -0.15) is 0 Å². The quantitative estimate of drug-likeness (QED) is 0.868. The van der Waals surface area contributed by atoms with E-state index in [-0.39, 0.29) is 12.3 Å². The van der Waals surface area contributed by atoms with Gasteiger partial charge in [-0.3, -0.25) is 4.79 Å². The van der Waals surface area contributed by atoms with Gasteiger partial charge in [-0.15, -0.1) is 0 Å². The van der Waals surface area contributed by atoms with Crippen molar-refractivity contribution in [3.8, 4) is 0 Å². The molecule has 0 spiro atoms. The Kier molecular flexibility index (Phi) is 5.05. The van der Waals surface area contributed by atoms with Crippen LogP contribution in [0.1, 0.15) is 18.1 Å². The van der Waals surface area contributed by atoms with Crippen LogP contribution in [0.15, 0.2) is 42.5 Å². The molecule has 0 bridgehead atoms. The molecule has 104 valence electrons. The molecule has 0 unspecified atom stereocenters. The molecule has 20 heavy (non-hydrogen) atoms. The standard InChI is InChI=1S/C16H15Cl2NO/c1-2-11-5-3-6-12(9-11)19-16(20)10-13-14(17)7-4-8-15(13)18/h3-9H,2,10H2,1H3,(H,19,20). The topological polar surface area (TPSA) is 29.1 Å². The largest absolute Gasteiger partial charge is 0.326 e. The highest BCUT2D eigenvalue weighted by Crippen LogP contribution is 2.25. The maximum atomic E-state index is 12.1. The van der Waals surface area contributed by atoms with Gasteiger partial charge in [0.25, 0.3) is 0 Å². The summed E-state index contributed by atoms with van der Waals surface area (Å²) in [5.41, 5.74) is 2.62. The van der Waals surface area contributed by atoms with Crippen LogP contribution in [0.4, 0.5) is 5.69 Å². The van der Waals surface area contributed by atoms with Crippen LogP contribution < -0.4 is 5.32 Å². The number of anilines is 1. The number of carbonyl (C=O) groups is 1. The minimum atomic E-state index is -0.131. The van der Waals surface area contributed by atoms with Crippen LogP contribution in [-0.4, -0.2) is 5.91 Å². The van der Waals surface area contributed by atoms with Crippen LogP contribution in [0.5, 0.6) is 0 Å². The minimum Gasteiger partial charge on any atom is -0.326 e. The van der Waals surface area contributed by atoms with Crippen molar-refractivity contribution in [1.29, 1.82) is 0 Å². The van der Waals surface area contributed by atoms with Crippen LogP contribution in [0.25, 0.3) is 0 Å². The molecular weight excluding hydrogens is 293 g/mol. The van der Waals surface area contributed by atoms with E-state index < -0.39 is 0 Å². The highest BCUT2D eigenvalue weighted by atomic mass is 35.5. The monoisotopic (exact) mass is 307 g/mol. The van der Waals surface area contributed by atoms with Crippen LogP contribution >= 0.6 is 23.2 Å². The number of aryl methyl sites for hydroxylation is 1. The van der Waals surface area contributed by atoms with E-state index in [1.165, 1.54) is 5.56 Å². The van der Waals surface area contributed by atoms with Crippen molar-refractivity contribution < 1.29 is 4.79 Å². The molecule has 2 aromatic rings. The minimum absolute atomic E-state index is 0.131. The lowest BCUT2D eigenvalue weighted by atomic mass is 10.1. The van der Waals surface area contributed by atoms with E-state index in [1.807, 2.05) is 24.3 Å². The molecule has 0 aliphatic carbocycles. The summed E-state index contributed by atoms with van der Waals surface area (Å²) in [4.78, 5) is 12.1. The zero-order chi connectivity index (χ0) is 14.5. The molecule has 1 N–H and O–H groups in total. The fourth-order valence-electron chi connectivity index (χ4n) is 1.94. The van der Waals surface area contributed by atoms with Gasteiger partial charge in [0.15, 0.2) is 0 Å². The molecule has 1 amide bonds. The summed E-state index contributed by atoms with van der Waals surface area (Å²) < 4.78 is 0. The third kappa shape index (κ3) is 3.75. The number of hydrogen-bond donors (Lipinski definition) is 1. The van der Waals surface area contributed by atoms with E-state index in [0.29, 0.717) is 15.6 Å². The first-order valence-electron chi connectivity index (χ1n) is 6.42. The van der Waals surface area contributed by atoms with Gasteiger partial charge >= 0.3 is 0 Å². The summed E-state index contributed by atoms with van der Waals surface area (Å²) in [5, 5.41) is 3.88. The predicted octanol–water partition coefficient (Wildman–Crippen LogP) is 4.74. The third-order valence-corrected chi connectivity index (χ3v) is 3.73. The predicted molar refractivity (Wildman–Crippen MR) is 84.6 cm³/mol. The molecule has 4 heteroatoms. The van der Waals surface area contributed by atoms with Crippen LogP contribution in [0, 0.1) is 0 Å². The first kappa shape index (κ1) is 14.9. The molecule has 0 saturated carbocycles. The number of benzene rings is 2. The van der Waals surface area contributed by atoms with E-state index in [4.69, 9.17) is 23.2 Å². The van der Waals surface area contributed by atoms with Crippen molar-refractivity contribution in [3.05, 3.63) is 63.6 Å². The molecule has 2 rings (SSSR count). The Morgan fingerprint density at radius 3 is 2.40 bits per heavy atom. The lowest BCUT2D eigenvalue weighted by Crippen LogP contribution is -2.15. The third-order valence-electron chi connectivity index (χ3n) is 3.02. The van der Waals surface area contributed by atoms with E-state index in [9.17, 15) is 4.79 Å². The van der Waals surface area contributed by atoms with Gasteiger partial charge in [0, 0.05) is 15.7 Å². The van der Waals surface area contributed by atoms with Crippen molar-refractivity contribution in [2.45, 2.75) is 19.8 Å². The Labute approximate surface area is 128 Å². The van der Waals surface area contributed by atoms with Crippen LogP contribution in [-0.2, 0) is 17.6 Å². The number of nitrogens with one attached hydrogen (secondary N) is 1. The SMILES string of the molecule is CCc1cccc(NC(=O)Cc2c(Cl)cccc2Cl)c1. The Hall–Kier alpha value is -1.51. The molecule has 2 aromatic carbocycles. The van der Waals surface area contributed by atoms with Crippen molar-refractivity contribution in [2.24, 2.45) is 0 Å². The number of hydrogen-bond acceptors (Lipinski definition) is 1. The number of rotatable bonds is 4. The van der Waals surface area contributed by atoms with Gasteiger partial charge in [0.05, 0.1) is 6.42 Å². The van der Waals surface area contributed by atoms with Gasteiger partial charge in [-0.25, -0.2) is 0 Å². The first-order valence-corrected chi connectivity index (χ1v) is 7.17. The molecule has 2 nitrogen and oxygen atoms in total. The normalized spacial score (nSPS) is 10.3. The van der Waals surface area contributed by atoms with E-state index in [0.717, 1.165) is 12.1 Å². The van der Waals surface area contributed by atoms with Gasteiger partial charge in [-0.05, 0) is 41.8 Å². The second-order valence-electron chi connectivity index (χ2n) is 4.48. The maximum absolute atomic E-state index is 12.1. The van der Waals surface area contributed by atoms with Gasteiger partial charge in [0.1, 0.15) is 0 Å². The average molecular weight is 308 g/mol. The second kappa shape index (κ2) is 6.78. The first-order chi connectivity index (χ1) is 9.60. The van der Waals surface area contributed by atoms with Crippen molar-refractivity contribution in [3.63, 3.8) is 0 Å². The summed E-state index contributed by atoms with van der Waals surface area (Å²) in [5.74, 6) is -0.131. The zero-order valence-electron chi connectivity index (χ0n) is 11.1. The van der Waals surface area contributed by atoms with Gasteiger partial charge < -0.3 is 5.32 Å². The maximum Gasteiger partial charge on any atom is 0.228 e. The number of halogens is 2. The smallest absolute Gasteiger partial charge is 0.228 e. The molecule has 0 heterocycles. The summed E-state index contributed by atoms with van der Waals surface area (Å²) >= 11 is 12.1. The number of amides is 1. The van der Waals surface area contributed by atoms with E-state index in [2.05, 4.69) is 12.2 Å². The van der Waals surface area contributed by atoms with E-state index >= 15 is 0 Å². The second-order valence-corrected chi connectivity index (χ2v) is 5.29.